The number of rotatable bonds is 17. The normalized spacial score (nSPS) is 14.0. The van der Waals surface area contributed by atoms with Gasteiger partial charge in [-0.25, -0.2) is 0 Å². The van der Waals surface area contributed by atoms with Gasteiger partial charge < -0.3 is 19.3 Å². The molecule has 0 heterocycles. The van der Waals surface area contributed by atoms with Gasteiger partial charge in [-0.15, -0.1) is 23.5 Å². The van der Waals surface area contributed by atoms with E-state index in [1.54, 1.807) is 0 Å². The summed E-state index contributed by atoms with van der Waals surface area (Å²) in [6.45, 7) is 5.77. The van der Waals surface area contributed by atoms with E-state index < -0.39 is 12.2 Å². The summed E-state index contributed by atoms with van der Waals surface area (Å²) in [4.78, 5) is 0. The van der Waals surface area contributed by atoms with E-state index in [1.165, 1.54) is 0 Å². The van der Waals surface area contributed by atoms with Gasteiger partial charge in [0.05, 0.1) is 31.0 Å². The third-order valence-corrected chi connectivity index (χ3v) is 8.28. The number of aliphatic hydroxyl groups excluding tert-OH is 1. The van der Waals surface area contributed by atoms with Crippen LogP contribution in [0.3, 0.4) is 0 Å². The molecular formula is C30H38O4S2. The first-order valence-corrected chi connectivity index (χ1v) is 14.6. The van der Waals surface area contributed by atoms with Gasteiger partial charge in [0.2, 0.25) is 0 Å². The Labute approximate surface area is 224 Å². The van der Waals surface area contributed by atoms with E-state index in [2.05, 4.69) is 26.0 Å². The number of hydrogen-bond donors (Lipinski definition) is 1. The Kier molecular flexibility index (Phi) is 13.5. The molecule has 0 aliphatic rings. The molecule has 3 aromatic carbocycles. The average Bonchev–Trinajstić information content (AvgIpc) is 2.92. The summed E-state index contributed by atoms with van der Waals surface area (Å²) in [5, 5.41) is 11.4. The largest absolute Gasteiger partial charge is 0.388 e. The van der Waals surface area contributed by atoms with Crippen molar-refractivity contribution in [2.75, 3.05) is 18.1 Å². The fourth-order valence-electron chi connectivity index (χ4n) is 3.82. The second kappa shape index (κ2) is 16.8. The number of hydrogen-bond acceptors (Lipinski definition) is 6. The van der Waals surface area contributed by atoms with Crippen LogP contribution in [0.15, 0.2) is 91.0 Å². The van der Waals surface area contributed by atoms with Crippen LogP contribution in [0.2, 0.25) is 0 Å². The highest BCUT2D eigenvalue weighted by Gasteiger charge is 2.36. The molecule has 0 unspecified atom stereocenters. The Balaban J connectivity index is 1.78. The minimum absolute atomic E-state index is 0.119. The van der Waals surface area contributed by atoms with E-state index in [0.717, 1.165) is 28.2 Å². The van der Waals surface area contributed by atoms with Crippen LogP contribution in [0, 0.1) is 0 Å². The molecule has 6 heteroatoms. The van der Waals surface area contributed by atoms with Crippen LogP contribution in [-0.4, -0.2) is 46.1 Å². The molecule has 0 saturated carbocycles. The van der Waals surface area contributed by atoms with Gasteiger partial charge in [-0.1, -0.05) is 105 Å². The van der Waals surface area contributed by atoms with Gasteiger partial charge in [-0.05, 0) is 28.2 Å². The zero-order valence-corrected chi connectivity index (χ0v) is 22.8. The third kappa shape index (κ3) is 9.92. The summed E-state index contributed by atoms with van der Waals surface area (Å²) in [7, 11) is 0. The molecule has 0 aliphatic carbocycles. The quantitative estimate of drug-likeness (QED) is 0.201. The first kappa shape index (κ1) is 28.8. The smallest absolute Gasteiger partial charge is 0.114 e. The van der Waals surface area contributed by atoms with Crippen LogP contribution in [0.4, 0.5) is 0 Å². The average molecular weight is 527 g/mol. The number of thioether (sulfide) groups is 2. The van der Waals surface area contributed by atoms with E-state index in [9.17, 15) is 5.11 Å². The summed E-state index contributed by atoms with van der Waals surface area (Å²) in [5.41, 5.74) is 3.23. The highest BCUT2D eigenvalue weighted by molar-refractivity contribution is 8.17. The minimum Gasteiger partial charge on any atom is -0.388 e. The Morgan fingerprint density at radius 3 is 1.47 bits per heavy atom. The van der Waals surface area contributed by atoms with Crippen LogP contribution in [0.1, 0.15) is 30.5 Å². The second-order valence-electron chi connectivity index (χ2n) is 8.37. The predicted octanol–water partition coefficient (Wildman–Crippen LogP) is 6.57. The maximum Gasteiger partial charge on any atom is 0.114 e. The first-order chi connectivity index (χ1) is 17.7. The molecular weight excluding hydrogens is 488 g/mol. The highest BCUT2D eigenvalue weighted by Crippen LogP contribution is 2.33. The minimum atomic E-state index is -0.837. The molecule has 0 aromatic heterocycles. The fourth-order valence-corrected chi connectivity index (χ4v) is 6.52. The zero-order valence-electron chi connectivity index (χ0n) is 21.2. The summed E-state index contributed by atoms with van der Waals surface area (Å²) < 4.78 is 19.0. The Bertz CT molecular complexity index is 937. The molecule has 194 valence electrons. The Hall–Kier alpha value is -1.80. The van der Waals surface area contributed by atoms with Crippen molar-refractivity contribution in [2.45, 2.75) is 56.6 Å². The van der Waals surface area contributed by atoms with Crippen molar-refractivity contribution in [1.29, 1.82) is 0 Å². The molecule has 0 spiro atoms. The SMILES string of the molecule is CCSC(SCC)[C@H](OCc1ccccc1)[C@@H](OCc1ccccc1)[C@H](O)COCc1ccccc1. The number of aliphatic hydroxyl groups is 1. The van der Waals surface area contributed by atoms with Crippen molar-refractivity contribution in [3.8, 4) is 0 Å². The lowest BCUT2D eigenvalue weighted by Gasteiger charge is -2.35. The van der Waals surface area contributed by atoms with Crippen molar-refractivity contribution >= 4 is 23.5 Å². The molecule has 4 nitrogen and oxygen atoms in total. The zero-order chi connectivity index (χ0) is 25.4. The van der Waals surface area contributed by atoms with Crippen molar-refractivity contribution in [3.05, 3.63) is 108 Å². The topological polar surface area (TPSA) is 47.9 Å². The van der Waals surface area contributed by atoms with Crippen LogP contribution < -0.4 is 0 Å². The van der Waals surface area contributed by atoms with Crippen LogP contribution in [-0.2, 0) is 34.0 Å². The van der Waals surface area contributed by atoms with Gasteiger partial charge in [-0.3, -0.25) is 0 Å². The molecule has 0 fully saturated rings. The predicted molar refractivity (Wildman–Crippen MR) is 152 cm³/mol. The summed E-state index contributed by atoms with van der Waals surface area (Å²) in [6, 6.07) is 30.2. The Morgan fingerprint density at radius 1 is 0.611 bits per heavy atom. The first-order valence-electron chi connectivity index (χ1n) is 12.5. The van der Waals surface area contributed by atoms with Crippen molar-refractivity contribution < 1.29 is 19.3 Å². The maximum absolute atomic E-state index is 11.4. The molecule has 0 aliphatic heterocycles. The van der Waals surface area contributed by atoms with Crippen molar-refractivity contribution in [3.63, 3.8) is 0 Å². The van der Waals surface area contributed by atoms with Crippen LogP contribution in [0.25, 0.3) is 0 Å². The molecule has 0 bridgehead atoms. The van der Waals surface area contributed by atoms with Gasteiger partial charge in [0.1, 0.15) is 18.3 Å². The molecule has 0 radical (unpaired) electrons. The summed E-state index contributed by atoms with van der Waals surface area (Å²) >= 11 is 3.68. The van der Waals surface area contributed by atoms with Gasteiger partial charge in [0.15, 0.2) is 0 Å². The van der Waals surface area contributed by atoms with E-state index in [-0.39, 0.29) is 17.3 Å². The highest BCUT2D eigenvalue weighted by atomic mass is 32.2. The van der Waals surface area contributed by atoms with Crippen molar-refractivity contribution in [1.82, 2.24) is 0 Å². The fraction of sp³-hybridized carbons (Fsp3) is 0.400. The monoisotopic (exact) mass is 526 g/mol. The van der Waals surface area contributed by atoms with Gasteiger partial charge in [0, 0.05) is 0 Å². The molecule has 36 heavy (non-hydrogen) atoms. The molecule has 1 N–H and O–H groups in total. The van der Waals surface area contributed by atoms with Gasteiger partial charge in [0.25, 0.3) is 0 Å². The second-order valence-corrected chi connectivity index (χ2v) is 11.5. The van der Waals surface area contributed by atoms with E-state index in [0.29, 0.717) is 19.8 Å². The van der Waals surface area contributed by atoms with Crippen molar-refractivity contribution in [2.24, 2.45) is 0 Å². The number of benzene rings is 3. The van der Waals surface area contributed by atoms with Crippen LogP contribution >= 0.6 is 23.5 Å². The summed E-state index contributed by atoms with van der Waals surface area (Å²) in [6.07, 6.45) is -1.71. The number of ether oxygens (including phenoxy) is 3. The molecule has 0 saturated heterocycles. The molecule has 3 atom stereocenters. The lowest BCUT2D eigenvalue weighted by molar-refractivity contribution is -0.142. The molecule has 3 aromatic rings. The molecule has 3 rings (SSSR count). The van der Waals surface area contributed by atoms with E-state index >= 15 is 0 Å². The van der Waals surface area contributed by atoms with E-state index in [1.807, 2.05) is 102 Å². The lowest BCUT2D eigenvalue weighted by Crippen LogP contribution is -2.47. The Morgan fingerprint density at radius 2 is 1.03 bits per heavy atom. The van der Waals surface area contributed by atoms with Crippen LogP contribution in [0.5, 0.6) is 0 Å². The lowest BCUT2D eigenvalue weighted by atomic mass is 10.1. The van der Waals surface area contributed by atoms with E-state index in [4.69, 9.17) is 14.2 Å². The standard InChI is InChI=1S/C30H38O4S2/c1-3-35-30(36-4-2)29(34-22-26-18-12-7-13-19-26)28(33-21-25-16-10-6-11-17-25)27(31)23-32-20-24-14-8-5-9-15-24/h5-19,27-31H,3-4,20-23H2,1-2H3/t27-,28+,29-/m1/s1. The summed E-state index contributed by atoms with van der Waals surface area (Å²) in [5.74, 6) is 1.91. The maximum atomic E-state index is 11.4. The third-order valence-electron chi connectivity index (χ3n) is 5.60. The molecule has 0 amide bonds. The van der Waals surface area contributed by atoms with Gasteiger partial charge >= 0.3 is 0 Å². The van der Waals surface area contributed by atoms with Gasteiger partial charge in [-0.2, -0.15) is 0 Å².